The van der Waals surface area contributed by atoms with Crippen molar-refractivity contribution in [3.8, 4) is 5.88 Å². The van der Waals surface area contributed by atoms with E-state index in [2.05, 4.69) is 10.3 Å². The minimum absolute atomic E-state index is 0.0457. The minimum atomic E-state index is -4.60. The van der Waals surface area contributed by atoms with Crippen molar-refractivity contribution >= 4 is 23.2 Å². The number of amides is 1. The number of hydrogen-bond donors (Lipinski definition) is 2. The summed E-state index contributed by atoms with van der Waals surface area (Å²) in [7, 11) is 1.47. The molecule has 3 aliphatic rings. The lowest BCUT2D eigenvalue weighted by Gasteiger charge is -2.29. The highest BCUT2D eigenvalue weighted by Gasteiger charge is 2.87. The normalized spacial score (nSPS) is 33.2. The van der Waals surface area contributed by atoms with Gasteiger partial charge in [0, 0.05) is 34.8 Å². The maximum Gasteiger partial charge on any atom is 0.416 e. The quantitative estimate of drug-likeness (QED) is 0.738. The number of alkyl halides is 3. The molecular formula is C21H18ClF3N2O4. The molecule has 5 rings (SSSR count). The van der Waals surface area contributed by atoms with Crippen LogP contribution in [0.1, 0.15) is 24.0 Å². The van der Waals surface area contributed by atoms with Crippen molar-refractivity contribution in [1.82, 2.24) is 4.98 Å². The monoisotopic (exact) mass is 454 g/mol. The smallest absolute Gasteiger partial charge is 0.416 e. The Morgan fingerprint density at radius 2 is 2.13 bits per heavy atom. The van der Waals surface area contributed by atoms with E-state index in [4.69, 9.17) is 21.1 Å². The zero-order valence-corrected chi connectivity index (χ0v) is 17.0. The standard InChI is InChI=1S/C21H18ClF3N2O4/c1-30-16-6-10(2-3-26-16)19-9-20(19,15-8-14(28)17(19)31-15)18(29)27-13-5-11(21(23,24)25)4-12(22)7-13/h2-7,14-15,17,28H,8-9H2,1H3,(H,27,29). The summed E-state index contributed by atoms with van der Waals surface area (Å²) >= 11 is 5.85. The number of fused-ring (bicyclic) bond motifs is 5. The van der Waals surface area contributed by atoms with Crippen molar-refractivity contribution in [2.45, 2.75) is 42.7 Å². The van der Waals surface area contributed by atoms with E-state index in [0.717, 1.165) is 17.7 Å². The molecular weight excluding hydrogens is 437 g/mol. The van der Waals surface area contributed by atoms with E-state index in [1.54, 1.807) is 18.3 Å². The molecule has 2 aromatic rings. The molecule has 1 aromatic carbocycles. The number of anilines is 1. The van der Waals surface area contributed by atoms with Gasteiger partial charge in [-0.25, -0.2) is 4.98 Å². The van der Waals surface area contributed by atoms with Crippen LogP contribution in [0.2, 0.25) is 5.02 Å². The van der Waals surface area contributed by atoms with E-state index < -0.39 is 46.8 Å². The lowest BCUT2D eigenvalue weighted by atomic mass is 9.74. The first-order chi connectivity index (χ1) is 14.6. The first kappa shape index (κ1) is 20.5. The van der Waals surface area contributed by atoms with Gasteiger partial charge in [-0.2, -0.15) is 13.2 Å². The molecule has 2 bridgehead atoms. The Morgan fingerprint density at radius 1 is 1.35 bits per heavy atom. The molecule has 6 nitrogen and oxygen atoms in total. The SMILES string of the molecule is COc1cc(C23CC2(C(=O)Nc2cc(Cl)cc(C(F)(F)F)c2)C2CC(O)C3O2)ccn1. The number of hydrogen-bond acceptors (Lipinski definition) is 5. The molecule has 164 valence electrons. The van der Waals surface area contributed by atoms with E-state index in [1.807, 2.05) is 0 Å². The number of carbonyl (C=O) groups is 1. The van der Waals surface area contributed by atoms with E-state index in [-0.39, 0.29) is 17.1 Å². The van der Waals surface area contributed by atoms with E-state index >= 15 is 0 Å². The number of carbonyl (C=O) groups excluding carboxylic acids is 1. The zero-order chi connectivity index (χ0) is 22.2. The summed E-state index contributed by atoms with van der Waals surface area (Å²) in [5, 5.41) is 12.9. The van der Waals surface area contributed by atoms with Gasteiger partial charge in [0.25, 0.3) is 0 Å². The summed E-state index contributed by atoms with van der Waals surface area (Å²) in [6.07, 6.45) is -4.25. The third kappa shape index (κ3) is 2.79. The second kappa shape index (κ2) is 6.57. The molecule has 2 saturated heterocycles. The van der Waals surface area contributed by atoms with Crippen molar-refractivity contribution in [3.05, 3.63) is 52.7 Å². The number of aromatic nitrogens is 1. The van der Waals surface area contributed by atoms with Crippen molar-refractivity contribution in [2.24, 2.45) is 5.41 Å². The van der Waals surface area contributed by atoms with Crippen molar-refractivity contribution in [2.75, 3.05) is 12.4 Å². The van der Waals surface area contributed by atoms with Gasteiger partial charge < -0.3 is 19.9 Å². The van der Waals surface area contributed by atoms with Gasteiger partial charge in [-0.1, -0.05) is 11.6 Å². The average Bonchev–Trinajstić information content (AvgIpc) is 3.20. The molecule has 31 heavy (non-hydrogen) atoms. The summed E-state index contributed by atoms with van der Waals surface area (Å²) in [6, 6.07) is 6.37. The number of nitrogens with one attached hydrogen (secondary N) is 1. The number of ether oxygens (including phenoxy) is 2. The lowest BCUT2D eigenvalue weighted by molar-refractivity contribution is -0.137. The number of halogens is 4. The summed E-state index contributed by atoms with van der Waals surface area (Å²) in [4.78, 5) is 17.5. The summed E-state index contributed by atoms with van der Waals surface area (Å²) in [6.45, 7) is 0. The van der Waals surface area contributed by atoms with Gasteiger partial charge in [-0.3, -0.25) is 4.79 Å². The van der Waals surface area contributed by atoms with Gasteiger partial charge >= 0.3 is 6.18 Å². The molecule has 0 radical (unpaired) electrons. The molecule has 1 amide bonds. The summed E-state index contributed by atoms with van der Waals surface area (Å²) < 4.78 is 50.6. The Hall–Kier alpha value is -2.36. The van der Waals surface area contributed by atoms with Gasteiger partial charge in [0.2, 0.25) is 11.8 Å². The number of benzene rings is 1. The molecule has 1 aliphatic carbocycles. The largest absolute Gasteiger partial charge is 0.481 e. The Labute approximate surface area is 180 Å². The van der Waals surface area contributed by atoms with Crippen LogP contribution in [0.15, 0.2) is 36.5 Å². The van der Waals surface area contributed by atoms with Crippen LogP contribution in [0.5, 0.6) is 5.88 Å². The first-order valence-corrected chi connectivity index (χ1v) is 10.0. The van der Waals surface area contributed by atoms with E-state index in [0.29, 0.717) is 12.3 Å². The zero-order valence-electron chi connectivity index (χ0n) is 16.2. The first-order valence-electron chi connectivity index (χ1n) is 9.65. The number of aliphatic hydroxyl groups excluding tert-OH is 1. The van der Waals surface area contributed by atoms with Crippen LogP contribution in [0, 0.1) is 5.41 Å². The van der Waals surface area contributed by atoms with Gasteiger partial charge in [0.15, 0.2) is 0 Å². The van der Waals surface area contributed by atoms with Gasteiger partial charge in [-0.15, -0.1) is 0 Å². The molecule has 1 saturated carbocycles. The van der Waals surface area contributed by atoms with E-state index in [1.165, 1.54) is 13.2 Å². The second-order valence-electron chi connectivity index (χ2n) is 8.24. The number of methoxy groups -OCH3 is 1. The highest BCUT2D eigenvalue weighted by Crippen LogP contribution is 2.77. The highest BCUT2D eigenvalue weighted by atomic mass is 35.5. The molecule has 5 atom stereocenters. The average molecular weight is 455 g/mol. The van der Waals surface area contributed by atoms with Crippen molar-refractivity contribution < 1.29 is 32.5 Å². The number of aliphatic hydroxyl groups is 1. The maximum absolute atomic E-state index is 13.4. The van der Waals surface area contributed by atoms with Crippen LogP contribution in [-0.4, -0.2) is 41.4 Å². The van der Waals surface area contributed by atoms with Crippen LogP contribution in [0.4, 0.5) is 18.9 Å². The molecule has 3 fully saturated rings. The summed E-state index contributed by atoms with van der Waals surface area (Å²) in [5.74, 6) is -0.104. The fourth-order valence-electron chi connectivity index (χ4n) is 5.40. The predicted octanol–water partition coefficient (Wildman–Crippen LogP) is 3.56. The van der Waals surface area contributed by atoms with Crippen LogP contribution in [0.25, 0.3) is 0 Å². The van der Waals surface area contributed by atoms with Crippen LogP contribution in [-0.2, 0) is 21.1 Å². The van der Waals surface area contributed by atoms with E-state index in [9.17, 15) is 23.1 Å². The second-order valence-corrected chi connectivity index (χ2v) is 8.67. The minimum Gasteiger partial charge on any atom is -0.481 e. The Bertz CT molecular complexity index is 1080. The van der Waals surface area contributed by atoms with Crippen LogP contribution >= 0.6 is 11.6 Å². The van der Waals surface area contributed by atoms with Gasteiger partial charge in [0.1, 0.15) is 0 Å². The van der Waals surface area contributed by atoms with Gasteiger partial charge in [-0.05, 0) is 36.2 Å². The molecule has 1 aromatic heterocycles. The Kier molecular flexibility index (Phi) is 4.35. The highest BCUT2D eigenvalue weighted by molar-refractivity contribution is 6.31. The predicted molar refractivity (Wildman–Crippen MR) is 104 cm³/mol. The topological polar surface area (TPSA) is 80.7 Å². The lowest BCUT2D eigenvalue weighted by Crippen LogP contribution is -2.44. The Morgan fingerprint density at radius 3 is 2.84 bits per heavy atom. The number of pyridine rings is 1. The molecule has 10 heteroatoms. The molecule has 2 aliphatic heterocycles. The van der Waals surface area contributed by atoms with Crippen LogP contribution in [0.3, 0.4) is 0 Å². The Balaban J connectivity index is 1.51. The maximum atomic E-state index is 13.4. The summed E-state index contributed by atoms with van der Waals surface area (Å²) in [5.41, 5.74) is -2.07. The molecule has 3 heterocycles. The fraction of sp³-hybridized carbons (Fsp3) is 0.429. The third-order valence-electron chi connectivity index (χ3n) is 6.73. The molecule has 5 unspecified atom stereocenters. The third-order valence-corrected chi connectivity index (χ3v) is 6.95. The van der Waals surface area contributed by atoms with Crippen molar-refractivity contribution in [1.29, 1.82) is 0 Å². The fourth-order valence-corrected chi connectivity index (χ4v) is 5.63. The van der Waals surface area contributed by atoms with Crippen LogP contribution < -0.4 is 10.1 Å². The molecule has 2 N–H and O–H groups in total. The van der Waals surface area contributed by atoms with Gasteiger partial charge in [0.05, 0.1) is 36.4 Å². The number of rotatable bonds is 4. The number of nitrogens with zero attached hydrogens (tertiary/aromatic N) is 1. The van der Waals surface area contributed by atoms with Crippen molar-refractivity contribution in [3.63, 3.8) is 0 Å². The molecule has 0 spiro atoms.